The van der Waals surface area contributed by atoms with E-state index in [4.69, 9.17) is 4.74 Å². The minimum absolute atomic E-state index is 0.0674. The average Bonchev–Trinajstić information content (AvgIpc) is 3.11. The minimum atomic E-state index is -0.387. The van der Waals surface area contributed by atoms with Gasteiger partial charge in [0.2, 0.25) is 11.8 Å². The molecule has 0 unspecified atom stereocenters. The lowest BCUT2D eigenvalue weighted by molar-refractivity contribution is -0.119. The summed E-state index contributed by atoms with van der Waals surface area (Å²) in [6.07, 6.45) is 0.266. The van der Waals surface area contributed by atoms with Gasteiger partial charge < -0.3 is 15.0 Å². The van der Waals surface area contributed by atoms with Crippen LogP contribution in [0.15, 0.2) is 12.1 Å². The van der Waals surface area contributed by atoms with E-state index in [-0.39, 0.29) is 30.1 Å². The second-order valence-electron chi connectivity index (χ2n) is 6.19. The van der Waals surface area contributed by atoms with Crippen molar-refractivity contribution in [2.45, 2.75) is 31.9 Å². The Hall–Kier alpha value is -2.57. The van der Waals surface area contributed by atoms with E-state index in [1.165, 1.54) is 6.92 Å². The Morgan fingerprint density at radius 1 is 1.30 bits per heavy atom. The number of fused-ring (bicyclic) bond motifs is 5. The van der Waals surface area contributed by atoms with E-state index < -0.39 is 0 Å². The van der Waals surface area contributed by atoms with Gasteiger partial charge in [-0.3, -0.25) is 14.5 Å². The summed E-state index contributed by atoms with van der Waals surface area (Å²) >= 11 is 0. The molecule has 0 radical (unpaired) electrons. The summed E-state index contributed by atoms with van der Waals surface area (Å²) in [6, 6.07) is 3.64. The molecule has 0 saturated carbocycles. The smallest absolute Gasteiger partial charge is 0.415 e. The first-order valence-corrected chi connectivity index (χ1v) is 7.63. The number of carbonyl (C=O) groups excluding carboxylic acids is 3. The van der Waals surface area contributed by atoms with Gasteiger partial charge in [-0.25, -0.2) is 4.79 Å². The van der Waals surface area contributed by atoms with Gasteiger partial charge in [-0.1, -0.05) is 0 Å². The standard InChI is InChI=1S/C16H17N3O4/c1-8(20)17-7-14-13-5-9-10-6-15(21)18(2)11(10)3-4-12(9)19(13)16(22)23-14/h3-4,13-14H,5-7H2,1-2H3,(H,17,20)/t13-,14-/m0/s1. The Kier molecular flexibility index (Phi) is 2.88. The van der Waals surface area contributed by atoms with Crippen LogP contribution in [0.25, 0.3) is 0 Å². The fourth-order valence-electron chi connectivity index (χ4n) is 3.73. The zero-order valence-corrected chi connectivity index (χ0v) is 13.0. The molecule has 0 aliphatic carbocycles. The molecule has 2 atom stereocenters. The number of likely N-dealkylation sites (N-methyl/N-ethyl adjacent to an activating group) is 1. The Labute approximate surface area is 133 Å². The summed E-state index contributed by atoms with van der Waals surface area (Å²) in [5, 5.41) is 2.71. The Morgan fingerprint density at radius 3 is 2.78 bits per heavy atom. The largest absolute Gasteiger partial charge is 0.442 e. The van der Waals surface area contributed by atoms with Crippen LogP contribution in [-0.2, 0) is 27.2 Å². The van der Waals surface area contributed by atoms with Crippen LogP contribution in [0.5, 0.6) is 0 Å². The lowest BCUT2D eigenvalue weighted by Gasteiger charge is -2.16. The monoisotopic (exact) mass is 315 g/mol. The van der Waals surface area contributed by atoms with Crippen molar-refractivity contribution in [1.82, 2.24) is 5.32 Å². The molecule has 7 nitrogen and oxygen atoms in total. The van der Waals surface area contributed by atoms with Gasteiger partial charge in [0, 0.05) is 19.7 Å². The normalized spacial score (nSPS) is 24.4. The number of amides is 3. The molecule has 3 amide bonds. The van der Waals surface area contributed by atoms with Crippen molar-refractivity contribution < 1.29 is 19.1 Å². The van der Waals surface area contributed by atoms with Gasteiger partial charge in [0.1, 0.15) is 6.10 Å². The van der Waals surface area contributed by atoms with Crippen LogP contribution in [0.4, 0.5) is 16.2 Å². The number of cyclic esters (lactones) is 1. The number of ether oxygens (including phenoxy) is 1. The van der Waals surface area contributed by atoms with Crippen LogP contribution in [0, 0.1) is 0 Å². The second kappa shape index (κ2) is 4.71. The molecular formula is C16H17N3O4. The number of hydrogen-bond donors (Lipinski definition) is 1. The number of nitrogens with zero attached hydrogens (tertiary/aromatic N) is 2. The number of anilines is 2. The fraction of sp³-hybridized carbons (Fsp3) is 0.438. The van der Waals surface area contributed by atoms with Gasteiger partial charge in [-0.15, -0.1) is 0 Å². The molecule has 1 aromatic carbocycles. The molecule has 0 bridgehead atoms. The molecule has 1 N–H and O–H groups in total. The van der Waals surface area contributed by atoms with E-state index in [1.54, 1.807) is 16.8 Å². The number of benzene rings is 1. The van der Waals surface area contributed by atoms with Gasteiger partial charge in [0.15, 0.2) is 0 Å². The van der Waals surface area contributed by atoms with Crippen LogP contribution in [0.2, 0.25) is 0 Å². The lowest BCUT2D eigenvalue weighted by Crippen LogP contribution is -2.40. The maximum Gasteiger partial charge on any atom is 0.415 e. The van der Waals surface area contributed by atoms with Crippen molar-refractivity contribution in [3.63, 3.8) is 0 Å². The Bertz CT molecular complexity index is 745. The van der Waals surface area contributed by atoms with Crippen molar-refractivity contribution in [3.8, 4) is 0 Å². The van der Waals surface area contributed by atoms with Crippen molar-refractivity contribution in [2.24, 2.45) is 0 Å². The third-order valence-corrected chi connectivity index (χ3v) is 4.88. The van der Waals surface area contributed by atoms with Crippen LogP contribution in [-0.4, -0.2) is 43.6 Å². The van der Waals surface area contributed by atoms with E-state index in [2.05, 4.69) is 5.32 Å². The first kappa shape index (κ1) is 14.0. The zero-order chi connectivity index (χ0) is 16.3. The highest BCUT2D eigenvalue weighted by molar-refractivity contribution is 6.04. The molecule has 1 saturated heterocycles. The molecule has 1 aromatic rings. The molecule has 3 aliphatic heterocycles. The zero-order valence-electron chi connectivity index (χ0n) is 13.0. The summed E-state index contributed by atoms with van der Waals surface area (Å²) in [5.74, 6) is -0.0824. The van der Waals surface area contributed by atoms with Gasteiger partial charge in [-0.05, 0) is 29.7 Å². The summed E-state index contributed by atoms with van der Waals surface area (Å²) in [5.41, 5.74) is 3.80. The molecule has 0 aromatic heterocycles. The van der Waals surface area contributed by atoms with Crippen LogP contribution in [0.3, 0.4) is 0 Å². The van der Waals surface area contributed by atoms with Crippen molar-refractivity contribution >= 4 is 29.3 Å². The highest BCUT2D eigenvalue weighted by Gasteiger charge is 2.49. The minimum Gasteiger partial charge on any atom is -0.442 e. The highest BCUT2D eigenvalue weighted by atomic mass is 16.6. The summed E-state index contributed by atoms with van der Waals surface area (Å²) in [7, 11) is 1.77. The summed E-state index contributed by atoms with van der Waals surface area (Å²) in [4.78, 5) is 38.6. The second-order valence-corrected chi connectivity index (χ2v) is 6.19. The van der Waals surface area contributed by atoms with Crippen molar-refractivity contribution in [2.75, 3.05) is 23.4 Å². The number of hydrogen-bond acceptors (Lipinski definition) is 4. The van der Waals surface area contributed by atoms with Gasteiger partial charge in [0.05, 0.1) is 24.7 Å². The van der Waals surface area contributed by atoms with E-state index in [9.17, 15) is 14.4 Å². The van der Waals surface area contributed by atoms with Crippen LogP contribution < -0.4 is 15.1 Å². The molecule has 4 rings (SSSR count). The molecular weight excluding hydrogens is 298 g/mol. The van der Waals surface area contributed by atoms with Gasteiger partial charge in [0.25, 0.3) is 0 Å². The maximum atomic E-state index is 12.2. The first-order chi connectivity index (χ1) is 11.0. The quantitative estimate of drug-likeness (QED) is 0.866. The molecule has 120 valence electrons. The first-order valence-electron chi connectivity index (χ1n) is 7.63. The maximum absolute atomic E-state index is 12.2. The van der Waals surface area contributed by atoms with Gasteiger partial charge >= 0.3 is 6.09 Å². The highest BCUT2D eigenvalue weighted by Crippen LogP contribution is 2.44. The third kappa shape index (κ3) is 1.92. The van der Waals surface area contributed by atoms with E-state index >= 15 is 0 Å². The molecule has 23 heavy (non-hydrogen) atoms. The Balaban J connectivity index is 1.68. The third-order valence-electron chi connectivity index (χ3n) is 4.88. The van der Waals surface area contributed by atoms with Crippen LogP contribution >= 0.6 is 0 Å². The molecule has 7 heteroatoms. The topological polar surface area (TPSA) is 79.0 Å². The van der Waals surface area contributed by atoms with Crippen molar-refractivity contribution in [1.29, 1.82) is 0 Å². The Morgan fingerprint density at radius 2 is 2.04 bits per heavy atom. The van der Waals surface area contributed by atoms with Crippen LogP contribution in [0.1, 0.15) is 18.1 Å². The lowest BCUT2D eigenvalue weighted by atomic mass is 9.99. The fourth-order valence-corrected chi connectivity index (χ4v) is 3.73. The summed E-state index contributed by atoms with van der Waals surface area (Å²) < 4.78 is 5.39. The predicted octanol–water partition coefficient (Wildman–Crippen LogP) is 0.591. The van der Waals surface area contributed by atoms with Gasteiger partial charge in [-0.2, -0.15) is 0 Å². The van der Waals surface area contributed by atoms with E-state index in [0.29, 0.717) is 19.4 Å². The number of carbonyl (C=O) groups is 3. The molecule has 3 heterocycles. The average molecular weight is 315 g/mol. The number of nitrogens with one attached hydrogen (secondary N) is 1. The van der Waals surface area contributed by atoms with E-state index in [1.807, 2.05) is 12.1 Å². The van der Waals surface area contributed by atoms with E-state index in [0.717, 1.165) is 22.5 Å². The SMILES string of the molecule is CC(=O)NC[C@@H]1OC(=O)N2c3ccc4c(c3C[C@@H]12)CC(=O)N4C. The summed E-state index contributed by atoms with van der Waals surface area (Å²) in [6.45, 7) is 1.74. The molecule has 3 aliphatic rings. The molecule has 1 fully saturated rings. The molecule has 0 spiro atoms. The van der Waals surface area contributed by atoms with Crippen molar-refractivity contribution in [3.05, 3.63) is 23.3 Å². The predicted molar refractivity (Wildman–Crippen MR) is 82.5 cm³/mol. The number of rotatable bonds is 2.